The minimum atomic E-state index is -1.19. The number of halogens is 4. The van der Waals surface area contributed by atoms with Gasteiger partial charge in [0.05, 0.1) is 0 Å². The molecule has 2 aromatic carbocycles. The lowest BCUT2D eigenvalue weighted by atomic mass is 10.1. The molecular weight excluding hydrogens is 275 g/mol. The lowest BCUT2D eigenvalue weighted by Gasteiger charge is -2.11. The van der Waals surface area contributed by atoms with E-state index in [2.05, 4.69) is 5.32 Å². The van der Waals surface area contributed by atoms with Crippen molar-refractivity contribution in [2.75, 3.05) is 5.32 Å². The Bertz CT molecular complexity index is 614. The number of hydrogen-bond acceptors (Lipinski definition) is 1. The Balaban J connectivity index is 2.19. The van der Waals surface area contributed by atoms with E-state index in [1.165, 1.54) is 0 Å². The summed E-state index contributed by atoms with van der Waals surface area (Å²) in [6, 6.07) is 6.65. The highest BCUT2D eigenvalue weighted by Crippen LogP contribution is 2.24. The molecule has 1 N–H and O–H groups in total. The van der Waals surface area contributed by atoms with Crippen LogP contribution in [0.5, 0.6) is 0 Å². The van der Waals surface area contributed by atoms with Crippen LogP contribution in [0.3, 0.4) is 0 Å². The van der Waals surface area contributed by atoms with Crippen LogP contribution in [0.1, 0.15) is 11.1 Å². The fraction of sp³-hybridized carbons (Fsp3) is 0.143. The van der Waals surface area contributed by atoms with Gasteiger partial charge in [-0.2, -0.15) is 0 Å². The van der Waals surface area contributed by atoms with Crippen LogP contribution in [0.15, 0.2) is 30.3 Å². The normalized spacial score (nSPS) is 10.6. The summed E-state index contributed by atoms with van der Waals surface area (Å²) < 4.78 is 39.3. The molecule has 2 aromatic rings. The molecule has 0 aliphatic carbocycles. The first-order valence-electron chi connectivity index (χ1n) is 5.61. The molecule has 5 heteroatoms. The van der Waals surface area contributed by atoms with Crippen LogP contribution in [-0.4, -0.2) is 0 Å². The highest BCUT2D eigenvalue weighted by molar-refractivity contribution is 6.31. The maximum Gasteiger partial charge on any atom is 0.161 e. The zero-order valence-electron chi connectivity index (χ0n) is 10.1. The van der Waals surface area contributed by atoms with Crippen molar-refractivity contribution in [3.05, 3.63) is 63.9 Å². The topological polar surface area (TPSA) is 12.0 Å². The van der Waals surface area contributed by atoms with E-state index < -0.39 is 17.5 Å². The Labute approximate surface area is 114 Å². The van der Waals surface area contributed by atoms with E-state index >= 15 is 0 Å². The average molecular weight is 286 g/mol. The first kappa shape index (κ1) is 13.7. The van der Waals surface area contributed by atoms with Gasteiger partial charge in [-0.05, 0) is 30.7 Å². The number of nitrogens with one attached hydrogen (secondary N) is 1. The van der Waals surface area contributed by atoms with Crippen molar-refractivity contribution in [1.29, 1.82) is 0 Å². The molecular formula is C14H11ClF3N. The van der Waals surface area contributed by atoms with Gasteiger partial charge < -0.3 is 5.32 Å². The molecule has 0 fully saturated rings. The highest BCUT2D eigenvalue weighted by atomic mass is 35.5. The first-order chi connectivity index (χ1) is 8.99. The summed E-state index contributed by atoms with van der Waals surface area (Å²) >= 11 is 5.95. The van der Waals surface area contributed by atoms with Crippen LogP contribution in [-0.2, 0) is 6.54 Å². The number of rotatable bonds is 3. The smallest absolute Gasteiger partial charge is 0.161 e. The van der Waals surface area contributed by atoms with E-state index in [-0.39, 0.29) is 12.1 Å². The van der Waals surface area contributed by atoms with Gasteiger partial charge in [-0.25, -0.2) is 13.2 Å². The van der Waals surface area contributed by atoms with Crippen LogP contribution >= 0.6 is 11.6 Å². The van der Waals surface area contributed by atoms with Gasteiger partial charge >= 0.3 is 0 Å². The SMILES string of the molecule is Cc1c(Cl)cccc1NCc1cc(F)c(F)cc1F. The predicted octanol–water partition coefficient (Wildman–Crippen LogP) is 4.68. The second-order valence-electron chi connectivity index (χ2n) is 4.12. The van der Waals surface area contributed by atoms with Gasteiger partial charge in [-0.15, -0.1) is 0 Å². The maximum absolute atomic E-state index is 13.4. The van der Waals surface area contributed by atoms with Gasteiger partial charge in [-0.3, -0.25) is 0 Å². The number of anilines is 1. The summed E-state index contributed by atoms with van der Waals surface area (Å²) in [6.07, 6.45) is 0. The summed E-state index contributed by atoms with van der Waals surface area (Å²) in [5.74, 6) is -3.05. The van der Waals surface area contributed by atoms with Crippen molar-refractivity contribution in [3.63, 3.8) is 0 Å². The average Bonchev–Trinajstić information content (AvgIpc) is 2.37. The van der Waals surface area contributed by atoms with Crippen molar-refractivity contribution in [1.82, 2.24) is 0 Å². The highest BCUT2D eigenvalue weighted by Gasteiger charge is 2.10. The fourth-order valence-electron chi connectivity index (χ4n) is 1.69. The molecule has 0 heterocycles. The molecule has 0 amide bonds. The zero-order chi connectivity index (χ0) is 14.0. The first-order valence-corrected chi connectivity index (χ1v) is 5.99. The van der Waals surface area contributed by atoms with E-state index in [0.717, 1.165) is 17.3 Å². The zero-order valence-corrected chi connectivity index (χ0v) is 10.9. The fourth-order valence-corrected chi connectivity index (χ4v) is 1.86. The van der Waals surface area contributed by atoms with Crippen LogP contribution in [0.2, 0.25) is 5.02 Å². The molecule has 2 rings (SSSR count). The summed E-state index contributed by atoms with van der Waals surface area (Å²) in [4.78, 5) is 0. The summed E-state index contributed by atoms with van der Waals surface area (Å²) in [7, 11) is 0. The Hall–Kier alpha value is -1.68. The van der Waals surface area contributed by atoms with Crippen LogP contribution in [0.25, 0.3) is 0 Å². The van der Waals surface area contributed by atoms with Crippen molar-refractivity contribution in [2.45, 2.75) is 13.5 Å². The minimum absolute atomic E-state index is 0.0458. The second-order valence-corrected chi connectivity index (χ2v) is 4.53. The summed E-state index contributed by atoms with van der Waals surface area (Å²) in [5.41, 5.74) is 1.59. The van der Waals surface area contributed by atoms with Crippen LogP contribution < -0.4 is 5.32 Å². The Kier molecular flexibility index (Phi) is 4.00. The summed E-state index contributed by atoms with van der Waals surface area (Å²) in [5, 5.41) is 3.52. The molecule has 0 aliphatic heterocycles. The van der Waals surface area contributed by atoms with Crippen molar-refractivity contribution >= 4 is 17.3 Å². The van der Waals surface area contributed by atoms with Crippen molar-refractivity contribution < 1.29 is 13.2 Å². The molecule has 0 radical (unpaired) electrons. The number of hydrogen-bond donors (Lipinski definition) is 1. The van der Waals surface area contributed by atoms with E-state index in [1.807, 2.05) is 6.92 Å². The Morgan fingerprint density at radius 1 is 1.05 bits per heavy atom. The standard InChI is InChI=1S/C14H11ClF3N/c1-8-10(15)3-2-4-14(8)19-7-9-5-12(17)13(18)6-11(9)16/h2-6,19H,7H2,1H3. The van der Waals surface area contributed by atoms with Crippen LogP contribution in [0, 0.1) is 24.4 Å². The lowest BCUT2D eigenvalue weighted by molar-refractivity contribution is 0.490. The molecule has 0 unspecified atom stereocenters. The molecule has 0 spiro atoms. The molecule has 19 heavy (non-hydrogen) atoms. The number of benzene rings is 2. The van der Waals surface area contributed by atoms with E-state index in [0.29, 0.717) is 11.1 Å². The molecule has 0 saturated heterocycles. The third-order valence-corrected chi connectivity index (χ3v) is 3.24. The van der Waals surface area contributed by atoms with Gasteiger partial charge in [0.15, 0.2) is 11.6 Å². The monoisotopic (exact) mass is 285 g/mol. The molecule has 1 nitrogen and oxygen atoms in total. The van der Waals surface area contributed by atoms with Gasteiger partial charge in [-0.1, -0.05) is 17.7 Å². The van der Waals surface area contributed by atoms with Crippen molar-refractivity contribution in [2.24, 2.45) is 0 Å². The maximum atomic E-state index is 13.4. The van der Waals surface area contributed by atoms with Gasteiger partial charge in [0, 0.05) is 28.9 Å². The Morgan fingerprint density at radius 3 is 2.47 bits per heavy atom. The Morgan fingerprint density at radius 2 is 1.74 bits per heavy atom. The molecule has 0 saturated carbocycles. The second kappa shape index (κ2) is 5.53. The quantitative estimate of drug-likeness (QED) is 0.808. The van der Waals surface area contributed by atoms with Gasteiger partial charge in [0.2, 0.25) is 0 Å². The predicted molar refractivity (Wildman–Crippen MR) is 69.8 cm³/mol. The van der Waals surface area contributed by atoms with Gasteiger partial charge in [0.1, 0.15) is 5.82 Å². The minimum Gasteiger partial charge on any atom is -0.381 e. The molecule has 0 aliphatic rings. The van der Waals surface area contributed by atoms with Gasteiger partial charge in [0.25, 0.3) is 0 Å². The van der Waals surface area contributed by atoms with E-state index in [9.17, 15) is 13.2 Å². The van der Waals surface area contributed by atoms with Crippen molar-refractivity contribution in [3.8, 4) is 0 Å². The third kappa shape index (κ3) is 3.01. The van der Waals surface area contributed by atoms with E-state index in [4.69, 9.17) is 11.6 Å². The van der Waals surface area contributed by atoms with Crippen LogP contribution in [0.4, 0.5) is 18.9 Å². The molecule has 0 bridgehead atoms. The molecule has 0 atom stereocenters. The molecule has 0 aromatic heterocycles. The third-order valence-electron chi connectivity index (χ3n) is 2.83. The lowest BCUT2D eigenvalue weighted by Crippen LogP contribution is -2.04. The molecule has 100 valence electrons. The van der Waals surface area contributed by atoms with E-state index in [1.54, 1.807) is 18.2 Å². The summed E-state index contributed by atoms with van der Waals surface area (Å²) in [6.45, 7) is 1.86. The largest absolute Gasteiger partial charge is 0.381 e.